The van der Waals surface area contributed by atoms with Crippen molar-refractivity contribution in [3.8, 4) is 0 Å². The summed E-state index contributed by atoms with van der Waals surface area (Å²) >= 11 is 5.29. The maximum atomic E-state index is 6.92. The van der Waals surface area contributed by atoms with Crippen molar-refractivity contribution >= 4 is 16.8 Å². The van der Waals surface area contributed by atoms with Crippen LogP contribution >= 0.6 is 11.6 Å². The molecular weight excluding hydrogens is 178 g/mol. The summed E-state index contributed by atoms with van der Waals surface area (Å²) in [6.45, 7) is 3.92. The summed E-state index contributed by atoms with van der Waals surface area (Å²) in [4.78, 5) is 0. The average Bonchev–Trinajstić information content (AvgIpc) is 2.03. The van der Waals surface area contributed by atoms with Crippen molar-refractivity contribution in [2.75, 3.05) is 19.8 Å². The minimum absolute atomic E-state index is 0.154. The maximum Gasteiger partial charge on any atom is 0.145 e. The van der Waals surface area contributed by atoms with Crippen molar-refractivity contribution in [3.05, 3.63) is 11.9 Å². The molecule has 70 valence electrons. The van der Waals surface area contributed by atoms with E-state index in [-0.39, 0.29) is 10.9 Å². The molecule has 0 unspecified atom stereocenters. The molecule has 4 nitrogen and oxygen atoms in total. The van der Waals surface area contributed by atoms with Gasteiger partial charge in [0.05, 0.1) is 12.3 Å². The van der Waals surface area contributed by atoms with Crippen LogP contribution in [0.3, 0.4) is 0 Å². The van der Waals surface area contributed by atoms with E-state index in [1.54, 1.807) is 0 Å². The first kappa shape index (κ1) is 11.3. The van der Waals surface area contributed by atoms with Gasteiger partial charge in [0.25, 0.3) is 0 Å². The van der Waals surface area contributed by atoms with Crippen LogP contribution in [0, 0.1) is 5.41 Å². The molecule has 0 rings (SSSR count). The number of nitrogens with one attached hydrogen (secondary N) is 2. The van der Waals surface area contributed by atoms with Gasteiger partial charge in [0, 0.05) is 19.4 Å². The van der Waals surface area contributed by atoms with E-state index >= 15 is 0 Å². The maximum absolute atomic E-state index is 6.92. The summed E-state index contributed by atoms with van der Waals surface area (Å²) in [7, 11) is 0. The van der Waals surface area contributed by atoms with Gasteiger partial charge in [0.2, 0.25) is 0 Å². The highest BCUT2D eigenvalue weighted by Crippen LogP contribution is 1.89. The Labute approximate surface area is 77.2 Å². The molecular formula is C7H14ClN3O. The third-order valence-corrected chi connectivity index (χ3v) is 1.32. The zero-order valence-corrected chi connectivity index (χ0v) is 7.82. The van der Waals surface area contributed by atoms with Gasteiger partial charge in [-0.15, -0.1) is 0 Å². The molecule has 4 N–H and O–H groups in total. The van der Waals surface area contributed by atoms with Gasteiger partial charge in [-0.1, -0.05) is 11.6 Å². The zero-order valence-electron chi connectivity index (χ0n) is 7.06. The molecule has 0 spiro atoms. The summed E-state index contributed by atoms with van der Waals surface area (Å²) in [6, 6.07) is 0. The molecule has 0 aliphatic rings. The molecule has 12 heavy (non-hydrogen) atoms. The lowest BCUT2D eigenvalue weighted by atomic mass is 10.5. The fraction of sp³-hybridized carbons (Fsp3) is 0.571. The lowest BCUT2D eigenvalue weighted by Crippen LogP contribution is -2.17. The van der Waals surface area contributed by atoms with Gasteiger partial charge in [-0.3, -0.25) is 5.41 Å². The Kier molecular flexibility index (Phi) is 6.51. The summed E-state index contributed by atoms with van der Waals surface area (Å²) in [5.41, 5.74) is 5.56. The predicted octanol–water partition coefficient (Wildman–Crippen LogP) is 0.629. The SMILES string of the molecule is CCOCCN/C=C(/N)C(=N)Cl. The first-order valence-corrected chi connectivity index (χ1v) is 4.07. The second-order valence-electron chi connectivity index (χ2n) is 2.06. The average molecular weight is 192 g/mol. The second-order valence-corrected chi connectivity index (χ2v) is 2.44. The molecule has 0 bridgehead atoms. The number of ether oxygens (including phenoxy) is 1. The number of rotatable bonds is 6. The van der Waals surface area contributed by atoms with Crippen LogP contribution in [-0.2, 0) is 4.74 Å². The molecule has 0 heterocycles. The molecule has 0 aliphatic heterocycles. The first-order valence-electron chi connectivity index (χ1n) is 3.69. The summed E-state index contributed by atoms with van der Waals surface area (Å²) in [5.74, 6) is 0. The molecule has 0 aromatic heterocycles. The van der Waals surface area contributed by atoms with Gasteiger partial charge in [-0.05, 0) is 6.92 Å². The normalized spacial score (nSPS) is 11.3. The summed E-state index contributed by atoms with van der Waals surface area (Å²) in [6.07, 6.45) is 1.49. The topological polar surface area (TPSA) is 71.1 Å². The van der Waals surface area contributed by atoms with Crippen molar-refractivity contribution < 1.29 is 4.74 Å². The molecule has 0 radical (unpaired) electrons. The lowest BCUT2D eigenvalue weighted by Gasteiger charge is -2.01. The number of halogens is 1. The highest BCUT2D eigenvalue weighted by atomic mass is 35.5. The Hall–Kier alpha value is -0.740. The molecule has 0 saturated heterocycles. The smallest absolute Gasteiger partial charge is 0.145 e. The van der Waals surface area contributed by atoms with Crippen LogP contribution in [0.4, 0.5) is 0 Å². The highest BCUT2D eigenvalue weighted by Gasteiger charge is 1.92. The number of hydrogen-bond donors (Lipinski definition) is 3. The van der Waals surface area contributed by atoms with E-state index in [2.05, 4.69) is 5.32 Å². The number of hydrogen-bond acceptors (Lipinski definition) is 4. The minimum Gasteiger partial charge on any atom is -0.395 e. The molecule has 0 aromatic carbocycles. The summed E-state index contributed by atoms with van der Waals surface area (Å²) < 4.78 is 5.06. The van der Waals surface area contributed by atoms with Crippen LogP contribution in [0.25, 0.3) is 0 Å². The van der Waals surface area contributed by atoms with E-state index in [0.717, 1.165) is 0 Å². The quantitative estimate of drug-likeness (QED) is 0.426. The van der Waals surface area contributed by atoms with E-state index in [9.17, 15) is 0 Å². The molecule has 5 heteroatoms. The van der Waals surface area contributed by atoms with Crippen LogP contribution in [0.15, 0.2) is 11.9 Å². The molecule has 0 amide bonds. The minimum atomic E-state index is -0.154. The van der Waals surface area contributed by atoms with Gasteiger partial charge in [-0.25, -0.2) is 0 Å². The fourth-order valence-corrected chi connectivity index (χ4v) is 0.575. The molecule has 0 aliphatic carbocycles. The van der Waals surface area contributed by atoms with Crippen LogP contribution in [0.2, 0.25) is 0 Å². The predicted molar refractivity (Wildman–Crippen MR) is 50.3 cm³/mol. The fourth-order valence-electron chi connectivity index (χ4n) is 0.521. The van der Waals surface area contributed by atoms with Gasteiger partial charge >= 0.3 is 0 Å². The first-order chi connectivity index (χ1) is 5.68. The monoisotopic (exact) mass is 191 g/mol. The van der Waals surface area contributed by atoms with Crippen LogP contribution in [-0.4, -0.2) is 24.9 Å². The molecule has 0 atom stereocenters. The third kappa shape index (κ3) is 6.00. The Morgan fingerprint density at radius 2 is 2.42 bits per heavy atom. The molecule has 0 fully saturated rings. The van der Waals surface area contributed by atoms with Crippen molar-refractivity contribution in [2.45, 2.75) is 6.92 Å². The van der Waals surface area contributed by atoms with E-state index in [4.69, 9.17) is 27.5 Å². The third-order valence-electron chi connectivity index (χ3n) is 1.11. The van der Waals surface area contributed by atoms with Crippen LogP contribution in [0.1, 0.15) is 6.92 Å². The summed E-state index contributed by atoms with van der Waals surface area (Å²) in [5, 5.41) is 9.63. The molecule has 0 saturated carbocycles. The number of allylic oxidation sites excluding steroid dienone is 1. The van der Waals surface area contributed by atoms with E-state index in [1.807, 2.05) is 6.92 Å². The Bertz CT molecular complexity index is 170. The van der Waals surface area contributed by atoms with Crippen molar-refractivity contribution in [2.24, 2.45) is 5.73 Å². The van der Waals surface area contributed by atoms with Gasteiger partial charge in [0.15, 0.2) is 0 Å². The van der Waals surface area contributed by atoms with Crippen molar-refractivity contribution in [1.82, 2.24) is 5.32 Å². The van der Waals surface area contributed by atoms with Crippen LogP contribution in [0.5, 0.6) is 0 Å². The zero-order chi connectivity index (χ0) is 9.40. The van der Waals surface area contributed by atoms with Crippen LogP contribution < -0.4 is 11.1 Å². The largest absolute Gasteiger partial charge is 0.395 e. The van der Waals surface area contributed by atoms with E-state index in [0.29, 0.717) is 19.8 Å². The van der Waals surface area contributed by atoms with Gasteiger partial charge in [-0.2, -0.15) is 0 Å². The van der Waals surface area contributed by atoms with Crippen molar-refractivity contribution in [1.29, 1.82) is 5.41 Å². The van der Waals surface area contributed by atoms with Crippen molar-refractivity contribution in [3.63, 3.8) is 0 Å². The highest BCUT2D eigenvalue weighted by molar-refractivity contribution is 6.68. The Morgan fingerprint density at radius 3 is 2.92 bits per heavy atom. The molecule has 0 aromatic rings. The van der Waals surface area contributed by atoms with E-state index < -0.39 is 0 Å². The van der Waals surface area contributed by atoms with Gasteiger partial charge in [0.1, 0.15) is 5.17 Å². The second kappa shape index (κ2) is 6.94. The lowest BCUT2D eigenvalue weighted by molar-refractivity contribution is 0.151. The Morgan fingerprint density at radius 1 is 1.75 bits per heavy atom. The number of nitrogens with two attached hydrogens (primary N) is 1. The Balaban J connectivity index is 3.40. The standard InChI is InChI=1S/C7H14ClN3O/c1-2-12-4-3-11-5-6(9)7(8)10/h5,10-11H,2-4,9H2,1H3/b6-5+,10-7?. The van der Waals surface area contributed by atoms with Gasteiger partial charge < -0.3 is 15.8 Å². The van der Waals surface area contributed by atoms with E-state index in [1.165, 1.54) is 6.20 Å².